The second-order valence-electron chi connectivity index (χ2n) is 2.92. The lowest BCUT2D eigenvalue weighted by molar-refractivity contribution is -0.141. The molecule has 1 aromatic rings. The molecule has 1 rings (SSSR count). The Balaban J connectivity index is 2.22. The Hall–Kier alpha value is -2.05. The number of esters is 1. The first-order valence-electron chi connectivity index (χ1n) is 4.51. The van der Waals surface area contributed by atoms with Gasteiger partial charge in [-0.2, -0.15) is 0 Å². The first-order chi connectivity index (χ1) is 7.61. The fourth-order valence-corrected chi connectivity index (χ4v) is 0.845. The van der Waals surface area contributed by atoms with E-state index in [-0.39, 0.29) is 19.0 Å². The topological polar surface area (TPSA) is 90.7 Å². The van der Waals surface area contributed by atoms with Gasteiger partial charge in [-0.25, -0.2) is 0 Å². The van der Waals surface area contributed by atoms with Crippen LogP contribution in [0.4, 0.5) is 0 Å². The van der Waals surface area contributed by atoms with Gasteiger partial charge in [-0.05, 0) is 12.1 Å². The maximum atomic E-state index is 11.1. The molecular formula is C9H12N2O5. The normalized spacial score (nSPS) is 9.62. The van der Waals surface area contributed by atoms with Crippen LogP contribution >= 0.6 is 0 Å². The number of amides is 1. The van der Waals surface area contributed by atoms with Gasteiger partial charge in [-0.1, -0.05) is 0 Å². The highest BCUT2D eigenvalue weighted by molar-refractivity contribution is 5.82. The van der Waals surface area contributed by atoms with E-state index in [9.17, 15) is 9.59 Å². The number of nitrogens with zero attached hydrogens (tertiary/aromatic N) is 1. The zero-order valence-electron chi connectivity index (χ0n) is 8.98. The molecule has 7 nitrogen and oxygen atoms in total. The number of rotatable bonds is 5. The fourth-order valence-electron chi connectivity index (χ4n) is 0.845. The monoisotopic (exact) mass is 228 g/mol. The molecule has 16 heavy (non-hydrogen) atoms. The molecule has 0 bridgehead atoms. The molecule has 0 spiro atoms. The Bertz CT molecular complexity index is 374. The minimum Gasteiger partial charge on any atom is -0.468 e. The maximum absolute atomic E-state index is 11.1. The van der Waals surface area contributed by atoms with Gasteiger partial charge >= 0.3 is 5.97 Å². The number of hydrogen-bond donors (Lipinski definition) is 1. The van der Waals surface area contributed by atoms with E-state index in [1.165, 1.54) is 7.11 Å². The minimum absolute atomic E-state index is 0.184. The van der Waals surface area contributed by atoms with Crippen LogP contribution in [-0.4, -0.2) is 37.3 Å². The molecule has 0 radical (unpaired) electrons. The van der Waals surface area contributed by atoms with E-state index in [1.54, 1.807) is 13.0 Å². The second kappa shape index (κ2) is 5.74. The number of aryl methyl sites for hydroxylation is 1. The summed E-state index contributed by atoms with van der Waals surface area (Å²) in [4.78, 5) is 21.8. The van der Waals surface area contributed by atoms with Crippen molar-refractivity contribution in [3.05, 3.63) is 11.8 Å². The fraction of sp³-hybridized carbons (Fsp3) is 0.444. The summed E-state index contributed by atoms with van der Waals surface area (Å²) in [6.07, 6.45) is 0. The SMILES string of the molecule is COC(=O)CNC(=O)COc1cc(C)on1. The van der Waals surface area contributed by atoms with Gasteiger partial charge in [0.25, 0.3) is 11.8 Å². The standard InChI is InChI=1S/C9H12N2O5/c1-6-3-8(11-16-6)15-5-7(12)10-4-9(13)14-2/h3H,4-5H2,1-2H3,(H,10,12). The third-order valence-electron chi connectivity index (χ3n) is 1.62. The Kier molecular flexibility index (Phi) is 4.31. The minimum atomic E-state index is -0.523. The van der Waals surface area contributed by atoms with Gasteiger partial charge in [0, 0.05) is 6.07 Å². The number of hydrogen-bond acceptors (Lipinski definition) is 6. The molecule has 0 fully saturated rings. The average Bonchev–Trinajstić information content (AvgIpc) is 2.69. The summed E-state index contributed by atoms with van der Waals surface area (Å²) >= 11 is 0. The molecule has 0 unspecified atom stereocenters. The van der Waals surface area contributed by atoms with Gasteiger partial charge in [-0.3, -0.25) is 9.59 Å². The summed E-state index contributed by atoms with van der Waals surface area (Å²) in [6, 6.07) is 1.55. The summed E-state index contributed by atoms with van der Waals surface area (Å²) in [6.45, 7) is 1.29. The van der Waals surface area contributed by atoms with Gasteiger partial charge in [0.2, 0.25) is 0 Å². The maximum Gasteiger partial charge on any atom is 0.325 e. The highest BCUT2D eigenvalue weighted by Gasteiger charge is 2.07. The Labute approximate surface area is 91.7 Å². The number of nitrogens with one attached hydrogen (secondary N) is 1. The third-order valence-corrected chi connectivity index (χ3v) is 1.62. The van der Waals surface area contributed by atoms with Gasteiger partial charge in [0.05, 0.1) is 7.11 Å². The lowest BCUT2D eigenvalue weighted by atomic mass is 10.5. The van der Waals surface area contributed by atoms with E-state index in [4.69, 9.17) is 9.26 Å². The smallest absolute Gasteiger partial charge is 0.325 e. The second-order valence-corrected chi connectivity index (χ2v) is 2.92. The molecular weight excluding hydrogens is 216 g/mol. The van der Waals surface area contributed by atoms with Crippen molar-refractivity contribution in [3.63, 3.8) is 0 Å². The van der Waals surface area contributed by atoms with Crippen LogP contribution in [0, 0.1) is 6.92 Å². The molecule has 0 aliphatic heterocycles. The van der Waals surface area contributed by atoms with Crippen LogP contribution < -0.4 is 10.1 Å². The van der Waals surface area contributed by atoms with E-state index in [0.29, 0.717) is 5.76 Å². The van der Waals surface area contributed by atoms with Gasteiger partial charge in [0.15, 0.2) is 6.61 Å². The number of aromatic nitrogens is 1. The van der Waals surface area contributed by atoms with Gasteiger partial charge in [-0.15, -0.1) is 0 Å². The van der Waals surface area contributed by atoms with Crippen molar-refractivity contribution in [2.24, 2.45) is 0 Å². The number of methoxy groups -OCH3 is 1. The average molecular weight is 228 g/mol. The van der Waals surface area contributed by atoms with Crippen LogP contribution in [0.3, 0.4) is 0 Å². The lowest BCUT2D eigenvalue weighted by Gasteiger charge is -2.03. The highest BCUT2D eigenvalue weighted by Crippen LogP contribution is 2.08. The molecule has 1 heterocycles. The van der Waals surface area contributed by atoms with Crippen LogP contribution in [0.15, 0.2) is 10.6 Å². The van der Waals surface area contributed by atoms with Crippen molar-refractivity contribution in [1.82, 2.24) is 10.5 Å². The Morgan fingerprint density at radius 2 is 2.31 bits per heavy atom. The molecule has 0 aromatic carbocycles. The van der Waals surface area contributed by atoms with Crippen LogP contribution in [0.1, 0.15) is 5.76 Å². The Morgan fingerprint density at radius 1 is 1.56 bits per heavy atom. The van der Waals surface area contributed by atoms with Crippen LogP contribution in [-0.2, 0) is 14.3 Å². The van der Waals surface area contributed by atoms with E-state index in [2.05, 4.69) is 15.2 Å². The van der Waals surface area contributed by atoms with Gasteiger partial charge in [0.1, 0.15) is 12.3 Å². The molecule has 1 amide bonds. The van der Waals surface area contributed by atoms with Crippen molar-refractivity contribution in [3.8, 4) is 5.88 Å². The van der Waals surface area contributed by atoms with Gasteiger partial charge < -0.3 is 19.3 Å². The zero-order valence-corrected chi connectivity index (χ0v) is 8.98. The largest absolute Gasteiger partial charge is 0.468 e. The predicted octanol–water partition coefficient (Wildman–Crippen LogP) is -0.349. The summed E-state index contributed by atoms with van der Waals surface area (Å²) in [5, 5.41) is 5.84. The van der Waals surface area contributed by atoms with Crippen LogP contribution in [0.2, 0.25) is 0 Å². The van der Waals surface area contributed by atoms with Crippen molar-refractivity contribution in [1.29, 1.82) is 0 Å². The van der Waals surface area contributed by atoms with Crippen molar-refractivity contribution in [2.75, 3.05) is 20.3 Å². The highest BCUT2D eigenvalue weighted by atomic mass is 16.5. The molecule has 0 aliphatic carbocycles. The summed E-state index contributed by atoms with van der Waals surface area (Å²) in [5.41, 5.74) is 0. The molecule has 88 valence electrons. The van der Waals surface area contributed by atoms with Crippen molar-refractivity contribution in [2.45, 2.75) is 6.92 Å². The number of carbonyl (C=O) groups excluding carboxylic acids is 2. The summed E-state index contributed by atoms with van der Waals surface area (Å²) < 4.78 is 14.1. The summed E-state index contributed by atoms with van der Waals surface area (Å²) in [7, 11) is 1.24. The molecule has 0 atom stereocenters. The van der Waals surface area contributed by atoms with Crippen molar-refractivity contribution >= 4 is 11.9 Å². The molecule has 1 N–H and O–H groups in total. The molecule has 1 aromatic heterocycles. The van der Waals surface area contributed by atoms with Crippen LogP contribution in [0.25, 0.3) is 0 Å². The van der Waals surface area contributed by atoms with E-state index in [0.717, 1.165) is 0 Å². The number of carbonyl (C=O) groups is 2. The first kappa shape index (κ1) is 12.0. The quantitative estimate of drug-likeness (QED) is 0.693. The molecule has 0 saturated carbocycles. The van der Waals surface area contributed by atoms with Crippen molar-refractivity contribution < 1.29 is 23.6 Å². The molecule has 0 aliphatic rings. The summed E-state index contributed by atoms with van der Waals surface area (Å²) in [5.74, 6) is -0.146. The van der Waals surface area contributed by atoms with Crippen LogP contribution in [0.5, 0.6) is 5.88 Å². The lowest BCUT2D eigenvalue weighted by Crippen LogP contribution is -2.33. The Morgan fingerprint density at radius 3 is 2.88 bits per heavy atom. The van der Waals surface area contributed by atoms with E-state index < -0.39 is 11.9 Å². The number of ether oxygens (including phenoxy) is 2. The predicted molar refractivity (Wildman–Crippen MR) is 51.8 cm³/mol. The van der Waals surface area contributed by atoms with E-state index >= 15 is 0 Å². The molecule has 0 saturated heterocycles. The zero-order chi connectivity index (χ0) is 12.0. The first-order valence-corrected chi connectivity index (χ1v) is 4.51. The third kappa shape index (κ3) is 3.99. The molecule has 7 heteroatoms. The van der Waals surface area contributed by atoms with E-state index in [1.807, 2.05) is 0 Å².